The first kappa shape index (κ1) is 20.5. The van der Waals surface area contributed by atoms with Gasteiger partial charge in [0.1, 0.15) is 12.1 Å². The number of aromatic nitrogens is 2. The molecule has 144 valence electrons. The van der Waals surface area contributed by atoms with Crippen LogP contribution in [-0.2, 0) is 0 Å². The van der Waals surface area contributed by atoms with Crippen LogP contribution in [-0.4, -0.2) is 24.2 Å². The fourth-order valence-corrected chi connectivity index (χ4v) is 2.80. The highest BCUT2D eigenvalue weighted by molar-refractivity contribution is 5.93. The van der Waals surface area contributed by atoms with Crippen molar-refractivity contribution in [1.82, 2.24) is 9.97 Å². The molecule has 0 bridgehead atoms. The Balaban J connectivity index is 0.00000126. The number of hydrogen-bond acceptors (Lipinski definition) is 5. The largest absolute Gasteiger partial charge is 0.493 e. The van der Waals surface area contributed by atoms with Gasteiger partial charge in [0.25, 0.3) is 0 Å². The van der Waals surface area contributed by atoms with Crippen LogP contribution in [0.1, 0.15) is 44.7 Å². The van der Waals surface area contributed by atoms with Crippen LogP contribution in [0.5, 0.6) is 11.5 Å². The highest BCUT2D eigenvalue weighted by Gasteiger charge is 2.12. The molecule has 0 fully saturated rings. The molecule has 0 radical (unpaired) electrons. The SMILES string of the molecule is CC.COc1cc2ncnc(Nc3ccc(C(C)C)cc3C)c2cc1OC. The van der Waals surface area contributed by atoms with Gasteiger partial charge in [-0.15, -0.1) is 0 Å². The summed E-state index contributed by atoms with van der Waals surface area (Å²) in [6.45, 7) is 10.5. The highest BCUT2D eigenvalue weighted by Crippen LogP contribution is 2.35. The molecule has 0 saturated heterocycles. The van der Waals surface area contributed by atoms with Gasteiger partial charge in [0.2, 0.25) is 0 Å². The van der Waals surface area contributed by atoms with Gasteiger partial charge in [-0.1, -0.05) is 39.8 Å². The van der Waals surface area contributed by atoms with E-state index in [2.05, 4.69) is 54.3 Å². The van der Waals surface area contributed by atoms with E-state index >= 15 is 0 Å². The second-order valence-electron chi connectivity index (χ2n) is 6.30. The summed E-state index contributed by atoms with van der Waals surface area (Å²) in [6.07, 6.45) is 1.55. The number of fused-ring (bicyclic) bond motifs is 1. The van der Waals surface area contributed by atoms with Gasteiger partial charge < -0.3 is 14.8 Å². The third-order valence-corrected chi connectivity index (χ3v) is 4.31. The number of anilines is 2. The normalized spacial score (nSPS) is 10.4. The standard InChI is InChI=1S/C20H23N3O2.C2H6/c1-12(2)14-6-7-16(13(3)8-14)23-20-15-9-18(24-4)19(25-5)10-17(15)21-11-22-20;1-2/h6-12H,1-5H3,(H,21,22,23);1-2H3. The molecule has 5 nitrogen and oxygen atoms in total. The number of benzene rings is 2. The van der Waals surface area contributed by atoms with E-state index in [4.69, 9.17) is 9.47 Å². The molecular weight excluding hydrogens is 338 g/mol. The van der Waals surface area contributed by atoms with Crippen molar-refractivity contribution in [3.63, 3.8) is 0 Å². The smallest absolute Gasteiger partial charge is 0.162 e. The molecule has 0 saturated carbocycles. The quantitative estimate of drug-likeness (QED) is 0.613. The summed E-state index contributed by atoms with van der Waals surface area (Å²) in [5.74, 6) is 2.55. The van der Waals surface area contributed by atoms with Crippen LogP contribution in [0.15, 0.2) is 36.7 Å². The maximum atomic E-state index is 5.41. The first-order valence-electron chi connectivity index (χ1n) is 9.27. The van der Waals surface area contributed by atoms with Crippen LogP contribution in [0.2, 0.25) is 0 Å². The van der Waals surface area contributed by atoms with E-state index in [1.807, 2.05) is 26.0 Å². The fraction of sp³-hybridized carbons (Fsp3) is 0.364. The second-order valence-corrected chi connectivity index (χ2v) is 6.30. The molecule has 27 heavy (non-hydrogen) atoms. The monoisotopic (exact) mass is 367 g/mol. The van der Waals surface area contributed by atoms with E-state index in [1.54, 1.807) is 20.5 Å². The van der Waals surface area contributed by atoms with E-state index < -0.39 is 0 Å². The van der Waals surface area contributed by atoms with E-state index in [9.17, 15) is 0 Å². The maximum Gasteiger partial charge on any atom is 0.162 e. The number of nitrogens with one attached hydrogen (secondary N) is 1. The molecule has 0 unspecified atom stereocenters. The Bertz CT molecular complexity index is 907. The highest BCUT2D eigenvalue weighted by atomic mass is 16.5. The molecule has 0 atom stereocenters. The Hall–Kier alpha value is -2.82. The van der Waals surface area contributed by atoms with Crippen molar-refractivity contribution in [3.05, 3.63) is 47.8 Å². The molecule has 1 aromatic heterocycles. The van der Waals surface area contributed by atoms with Gasteiger partial charge >= 0.3 is 0 Å². The molecule has 5 heteroatoms. The van der Waals surface area contributed by atoms with Crippen LogP contribution < -0.4 is 14.8 Å². The molecule has 3 rings (SSSR count). The molecule has 1 heterocycles. The average Bonchev–Trinajstić information content (AvgIpc) is 2.70. The number of nitrogens with zero attached hydrogens (tertiary/aromatic N) is 2. The number of ether oxygens (including phenoxy) is 2. The maximum absolute atomic E-state index is 5.41. The summed E-state index contributed by atoms with van der Waals surface area (Å²) in [5.41, 5.74) is 4.33. The summed E-state index contributed by atoms with van der Waals surface area (Å²) in [5, 5.41) is 4.30. The summed E-state index contributed by atoms with van der Waals surface area (Å²) >= 11 is 0. The van der Waals surface area contributed by atoms with Crippen molar-refractivity contribution in [2.24, 2.45) is 0 Å². The van der Waals surface area contributed by atoms with Gasteiger partial charge in [-0.25, -0.2) is 9.97 Å². The minimum atomic E-state index is 0.504. The average molecular weight is 367 g/mol. The number of aryl methyl sites for hydroxylation is 1. The van der Waals surface area contributed by atoms with Gasteiger partial charge in [-0.05, 0) is 36.1 Å². The predicted octanol–water partition coefficient (Wildman–Crippen LogP) is 5.85. The third kappa shape index (κ3) is 4.48. The van der Waals surface area contributed by atoms with Gasteiger partial charge in [-0.3, -0.25) is 0 Å². The Kier molecular flexibility index (Phi) is 6.99. The van der Waals surface area contributed by atoms with Crippen LogP contribution in [0.4, 0.5) is 11.5 Å². The van der Waals surface area contributed by atoms with E-state index in [1.165, 1.54) is 11.1 Å². The predicted molar refractivity (Wildman–Crippen MR) is 113 cm³/mol. The summed E-state index contributed by atoms with van der Waals surface area (Å²) < 4.78 is 10.8. The molecule has 0 aliphatic rings. The lowest BCUT2D eigenvalue weighted by molar-refractivity contribution is 0.356. The topological polar surface area (TPSA) is 56.3 Å². The summed E-state index contributed by atoms with van der Waals surface area (Å²) in [6, 6.07) is 10.2. The lowest BCUT2D eigenvalue weighted by Crippen LogP contribution is -2.00. The lowest BCUT2D eigenvalue weighted by atomic mass is 10.0. The van der Waals surface area contributed by atoms with Crippen LogP contribution in [0.25, 0.3) is 10.9 Å². The van der Waals surface area contributed by atoms with Crippen molar-refractivity contribution < 1.29 is 9.47 Å². The van der Waals surface area contributed by atoms with E-state index in [0.717, 1.165) is 22.4 Å². The minimum Gasteiger partial charge on any atom is -0.493 e. The zero-order valence-corrected chi connectivity index (χ0v) is 17.3. The lowest BCUT2D eigenvalue weighted by Gasteiger charge is -2.14. The molecule has 0 aliphatic carbocycles. The fourth-order valence-electron chi connectivity index (χ4n) is 2.80. The van der Waals surface area contributed by atoms with Gasteiger partial charge in [0.15, 0.2) is 11.5 Å². The van der Waals surface area contributed by atoms with Gasteiger partial charge in [-0.2, -0.15) is 0 Å². The molecule has 2 aromatic carbocycles. The number of methoxy groups -OCH3 is 2. The van der Waals surface area contributed by atoms with Crippen molar-refractivity contribution >= 4 is 22.4 Å². The minimum absolute atomic E-state index is 0.504. The molecule has 1 N–H and O–H groups in total. The van der Waals surface area contributed by atoms with Crippen molar-refractivity contribution in [2.75, 3.05) is 19.5 Å². The second kappa shape index (κ2) is 9.21. The van der Waals surface area contributed by atoms with E-state index in [-0.39, 0.29) is 0 Å². The van der Waals surface area contributed by atoms with Crippen LogP contribution >= 0.6 is 0 Å². The molecule has 3 aromatic rings. The Morgan fingerprint density at radius 1 is 0.926 bits per heavy atom. The third-order valence-electron chi connectivity index (χ3n) is 4.31. The zero-order chi connectivity index (χ0) is 20.0. The first-order chi connectivity index (χ1) is 13.0. The van der Waals surface area contributed by atoms with Crippen molar-refractivity contribution in [3.8, 4) is 11.5 Å². The summed E-state index contributed by atoms with van der Waals surface area (Å²) in [4.78, 5) is 8.75. The zero-order valence-electron chi connectivity index (χ0n) is 17.3. The van der Waals surface area contributed by atoms with Crippen molar-refractivity contribution in [1.29, 1.82) is 0 Å². The molecule has 0 amide bonds. The number of rotatable bonds is 5. The van der Waals surface area contributed by atoms with Crippen LogP contribution in [0.3, 0.4) is 0 Å². The van der Waals surface area contributed by atoms with Crippen molar-refractivity contribution in [2.45, 2.75) is 40.5 Å². The molecule has 0 aliphatic heterocycles. The molecular formula is C22H29N3O2. The number of hydrogen-bond donors (Lipinski definition) is 1. The Morgan fingerprint density at radius 3 is 2.19 bits per heavy atom. The Labute approximate surface area is 161 Å². The van der Waals surface area contributed by atoms with E-state index in [0.29, 0.717) is 17.4 Å². The Morgan fingerprint density at radius 2 is 1.59 bits per heavy atom. The first-order valence-corrected chi connectivity index (χ1v) is 9.27. The summed E-state index contributed by atoms with van der Waals surface area (Å²) in [7, 11) is 3.24. The van der Waals surface area contributed by atoms with Gasteiger partial charge in [0.05, 0.1) is 19.7 Å². The van der Waals surface area contributed by atoms with Crippen LogP contribution in [0, 0.1) is 6.92 Å². The molecule has 0 spiro atoms. The van der Waals surface area contributed by atoms with Gasteiger partial charge in [0, 0.05) is 17.1 Å².